The second-order valence-corrected chi connectivity index (χ2v) is 5.15. The Morgan fingerprint density at radius 2 is 1.95 bits per heavy atom. The predicted octanol–water partition coefficient (Wildman–Crippen LogP) is 4.54. The van der Waals surface area contributed by atoms with E-state index in [4.69, 9.17) is 0 Å². The van der Waals surface area contributed by atoms with Crippen LogP contribution in [0.5, 0.6) is 0 Å². The van der Waals surface area contributed by atoms with Gasteiger partial charge in [-0.25, -0.2) is 0 Å². The third kappa shape index (κ3) is 4.17. The van der Waals surface area contributed by atoms with Crippen LogP contribution in [0.25, 0.3) is 10.9 Å². The normalized spacial score (nSPS) is 13.6. The molecule has 0 spiro atoms. The van der Waals surface area contributed by atoms with Gasteiger partial charge in [-0.05, 0) is 37.6 Å². The number of aryl methyl sites for hydroxylation is 1. The maximum atomic E-state index is 12.5. The zero-order valence-electron chi connectivity index (χ0n) is 12.2. The van der Waals surface area contributed by atoms with E-state index in [9.17, 15) is 13.2 Å². The second kappa shape index (κ2) is 6.43. The van der Waals surface area contributed by atoms with Crippen LogP contribution in [0.2, 0.25) is 0 Å². The maximum Gasteiger partial charge on any atom is 0.389 e. The highest BCUT2D eigenvalue weighted by atomic mass is 19.4. The first-order chi connectivity index (χ1) is 9.90. The highest BCUT2D eigenvalue weighted by molar-refractivity contribution is 5.82. The van der Waals surface area contributed by atoms with Crippen molar-refractivity contribution >= 4 is 10.9 Å². The molecule has 0 bridgehead atoms. The summed E-state index contributed by atoms with van der Waals surface area (Å²) in [5.74, 6) is 0. The van der Waals surface area contributed by atoms with Crippen LogP contribution >= 0.6 is 0 Å². The first-order valence-electron chi connectivity index (χ1n) is 7.07. The topological polar surface area (TPSA) is 24.9 Å². The van der Waals surface area contributed by atoms with Gasteiger partial charge in [0.2, 0.25) is 0 Å². The largest absolute Gasteiger partial charge is 0.389 e. The third-order valence-corrected chi connectivity index (χ3v) is 3.47. The lowest BCUT2D eigenvalue weighted by Gasteiger charge is -2.19. The molecule has 0 aliphatic heterocycles. The molecule has 21 heavy (non-hydrogen) atoms. The lowest BCUT2D eigenvalue weighted by Crippen LogP contribution is -2.24. The molecule has 114 valence electrons. The van der Waals surface area contributed by atoms with E-state index in [1.165, 1.54) is 0 Å². The summed E-state index contributed by atoms with van der Waals surface area (Å²) in [5.41, 5.74) is 2.53. The molecular formula is C16H19F3N2. The molecule has 2 aromatic rings. The number of fused-ring (bicyclic) bond motifs is 1. The summed E-state index contributed by atoms with van der Waals surface area (Å²) in [6, 6.07) is 9.18. The van der Waals surface area contributed by atoms with Crippen molar-refractivity contribution in [2.75, 3.05) is 6.54 Å². The van der Waals surface area contributed by atoms with Crippen molar-refractivity contribution in [3.05, 3.63) is 41.6 Å². The average Bonchev–Trinajstić information content (AvgIpc) is 2.42. The molecule has 0 amide bonds. The molecule has 0 saturated carbocycles. The smallest absolute Gasteiger partial charge is 0.309 e. The molecule has 0 aliphatic carbocycles. The molecule has 0 aliphatic rings. The Labute approximate surface area is 122 Å². The Morgan fingerprint density at radius 3 is 2.62 bits per heavy atom. The third-order valence-electron chi connectivity index (χ3n) is 3.47. The summed E-state index contributed by atoms with van der Waals surface area (Å²) in [4.78, 5) is 4.53. The highest BCUT2D eigenvalue weighted by Crippen LogP contribution is 2.28. The molecule has 2 rings (SSSR count). The fraction of sp³-hybridized carbons (Fsp3) is 0.438. The number of rotatable bonds is 5. The van der Waals surface area contributed by atoms with E-state index in [-0.39, 0.29) is 12.5 Å². The molecule has 0 saturated heterocycles. The predicted molar refractivity (Wildman–Crippen MR) is 78.2 cm³/mol. The molecule has 1 aromatic carbocycles. The van der Waals surface area contributed by atoms with Crippen LogP contribution in [0, 0.1) is 6.92 Å². The monoisotopic (exact) mass is 296 g/mol. The summed E-state index contributed by atoms with van der Waals surface area (Å²) in [6.45, 7) is 4.45. The highest BCUT2D eigenvalue weighted by Gasteiger charge is 2.29. The van der Waals surface area contributed by atoms with Gasteiger partial charge in [0.25, 0.3) is 0 Å². The van der Waals surface area contributed by atoms with E-state index in [2.05, 4.69) is 10.3 Å². The van der Waals surface area contributed by atoms with Gasteiger partial charge in [-0.3, -0.25) is 4.98 Å². The average molecular weight is 296 g/mol. The van der Waals surface area contributed by atoms with Crippen LogP contribution in [0.1, 0.15) is 37.1 Å². The number of aromatic nitrogens is 1. The molecule has 1 atom stereocenters. The summed E-state index contributed by atoms with van der Waals surface area (Å²) in [5, 5.41) is 4.14. The number of alkyl halides is 3. The van der Waals surface area contributed by atoms with Gasteiger partial charge in [-0.2, -0.15) is 13.2 Å². The molecule has 0 radical (unpaired) electrons. The zero-order valence-corrected chi connectivity index (χ0v) is 12.2. The van der Waals surface area contributed by atoms with Crippen LogP contribution in [-0.2, 0) is 0 Å². The molecule has 0 fully saturated rings. The van der Waals surface area contributed by atoms with Crippen molar-refractivity contribution in [3.63, 3.8) is 0 Å². The van der Waals surface area contributed by atoms with Crippen molar-refractivity contribution < 1.29 is 13.2 Å². The number of hydrogen-bond acceptors (Lipinski definition) is 2. The lowest BCUT2D eigenvalue weighted by molar-refractivity contribution is -0.136. The van der Waals surface area contributed by atoms with E-state index >= 15 is 0 Å². The molecule has 1 N–H and O–H groups in total. The Balaban J connectivity index is 2.31. The van der Waals surface area contributed by atoms with Crippen LogP contribution in [-0.4, -0.2) is 17.7 Å². The number of para-hydroxylation sites is 1. The minimum absolute atomic E-state index is 0.00210. The van der Waals surface area contributed by atoms with Crippen molar-refractivity contribution in [1.29, 1.82) is 0 Å². The van der Waals surface area contributed by atoms with Gasteiger partial charge < -0.3 is 5.32 Å². The molecule has 1 unspecified atom stereocenters. The van der Waals surface area contributed by atoms with E-state index in [1.807, 2.05) is 44.2 Å². The van der Waals surface area contributed by atoms with Crippen molar-refractivity contribution in [2.24, 2.45) is 0 Å². The van der Waals surface area contributed by atoms with Gasteiger partial charge in [-0.15, -0.1) is 0 Å². The Hall–Kier alpha value is -1.62. The number of halogens is 3. The van der Waals surface area contributed by atoms with E-state index in [1.54, 1.807) is 0 Å². The first kappa shape index (κ1) is 15.8. The summed E-state index contributed by atoms with van der Waals surface area (Å²) < 4.78 is 37.4. The lowest BCUT2D eigenvalue weighted by atomic mass is 10.0. The SMILES string of the molecule is CCNC(CCC(F)(F)F)c1cc(C)c2ccccc2n1. The van der Waals surface area contributed by atoms with Gasteiger partial charge in [0.05, 0.1) is 11.2 Å². The Morgan fingerprint density at radius 1 is 1.24 bits per heavy atom. The Kier molecular flexibility index (Phi) is 4.83. The van der Waals surface area contributed by atoms with E-state index < -0.39 is 12.6 Å². The van der Waals surface area contributed by atoms with Gasteiger partial charge in [-0.1, -0.05) is 25.1 Å². The summed E-state index contributed by atoms with van der Waals surface area (Å²) in [6.07, 6.45) is -4.94. The number of benzene rings is 1. The minimum Gasteiger partial charge on any atom is -0.309 e. The molecule has 1 heterocycles. The fourth-order valence-electron chi connectivity index (χ4n) is 2.46. The van der Waals surface area contributed by atoms with Crippen LogP contribution in [0.3, 0.4) is 0 Å². The number of nitrogens with one attached hydrogen (secondary N) is 1. The molecule has 2 nitrogen and oxygen atoms in total. The molecule has 5 heteroatoms. The standard InChI is InChI=1S/C16H19F3N2/c1-3-20-14(8-9-16(17,18)19)15-10-11(2)12-6-4-5-7-13(12)21-15/h4-7,10,14,20H,3,8-9H2,1-2H3. The second-order valence-electron chi connectivity index (χ2n) is 5.15. The quantitative estimate of drug-likeness (QED) is 0.876. The zero-order chi connectivity index (χ0) is 15.5. The van der Waals surface area contributed by atoms with Crippen LogP contribution in [0.15, 0.2) is 30.3 Å². The van der Waals surface area contributed by atoms with E-state index in [0.29, 0.717) is 12.2 Å². The number of hydrogen-bond donors (Lipinski definition) is 1. The Bertz CT molecular complexity index is 608. The van der Waals surface area contributed by atoms with Crippen LogP contribution < -0.4 is 5.32 Å². The van der Waals surface area contributed by atoms with Crippen molar-refractivity contribution in [3.8, 4) is 0 Å². The van der Waals surface area contributed by atoms with Crippen molar-refractivity contribution in [1.82, 2.24) is 10.3 Å². The molecular weight excluding hydrogens is 277 g/mol. The van der Waals surface area contributed by atoms with Crippen LogP contribution in [0.4, 0.5) is 13.2 Å². The van der Waals surface area contributed by atoms with Gasteiger partial charge in [0.15, 0.2) is 0 Å². The van der Waals surface area contributed by atoms with Gasteiger partial charge in [0, 0.05) is 17.8 Å². The number of pyridine rings is 1. The summed E-state index contributed by atoms with van der Waals surface area (Å²) in [7, 11) is 0. The van der Waals surface area contributed by atoms with E-state index in [0.717, 1.165) is 16.5 Å². The summed E-state index contributed by atoms with van der Waals surface area (Å²) >= 11 is 0. The fourth-order valence-corrected chi connectivity index (χ4v) is 2.46. The molecule has 1 aromatic heterocycles. The first-order valence-corrected chi connectivity index (χ1v) is 7.07. The van der Waals surface area contributed by atoms with Gasteiger partial charge in [0.1, 0.15) is 0 Å². The number of nitrogens with zero attached hydrogens (tertiary/aromatic N) is 1. The van der Waals surface area contributed by atoms with Crippen molar-refractivity contribution in [2.45, 2.75) is 38.9 Å². The maximum absolute atomic E-state index is 12.5. The van der Waals surface area contributed by atoms with Gasteiger partial charge >= 0.3 is 6.18 Å². The minimum atomic E-state index is -4.14.